The maximum absolute atomic E-state index is 3.92. The van der Waals surface area contributed by atoms with Crippen LogP contribution in [-0.2, 0) is 10.8 Å². The van der Waals surface area contributed by atoms with Crippen LogP contribution in [0.3, 0.4) is 0 Å². The van der Waals surface area contributed by atoms with E-state index in [9.17, 15) is 0 Å². The Hall–Kier alpha value is -2.99. The van der Waals surface area contributed by atoms with E-state index in [1.165, 1.54) is 53.2 Å². The molecule has 0 radical (unpaired) electrons. The number of benzene rings is 2. The first-order valence-corrected chi connectivity index (χ1v) is 17.8. The van der Waals surface area contributed by atoms with Gasteiger partial charge in [-0.1, -0.05) is 0 Å². The van der Waals surface area contributed by atoms with Crippen molar-refractivity contribution < 1.29 is 0 Å². The van der Waals surface area contributed by atoms with Gasteiger partial charge in [0.2, 0.25) is 0 Å². The molecular formula is C36H32N2SeTe. The Balaban J connectivity index is 1.60. The molecule has 0 unspecified atom stereocenters. The molecule has 1 aliphatic rings. The summed E-state index contributed by atoms with van der Waals surface area (Å²) in [4.78, 5) is 7.83. The van der Waals surface area contributed by atoms with Gasteiger partial charge in [-0.2, -0.15) is 0 Å². The molecule has 2 aromatic carbocycles. The molecule has 0 atom stereocenters. The SMILES string of the molecule is CC1(C)c2ccc([nH]2)C(c2ccccc2)=c2cc/c([se]2)=C(/c2ccccc2)c2ccc([nH]2)C(C)(C)c2ccc1[te]2. The monoisotopic (exact) mass is 702 g/mol. The summed E-state index contributed by atoms with van der Waals surface area (Å²) in [5.41, 5.74) is 10.1. The Morgan fingerprint density at radius 2 is 0.925 bits per heavy atom. The van der Waals surface area contributed by atoms with Crippen LogP contribution in [0.25, 0.3) is 11.1 Å². The molecule has 8 bridgehead atoms. The molecule has 0 amide bonds. The Kier molecular flexibility index (Phi) is 6.37. The minimum absolute atomic E-state index is 0.0402. The van der Waals surface area contributed by atoms with Crippen molar-refractivity contribution in [3.05, 3.63) is 158 Å². The van der Waals surface area contributed by atoms with Crippen LogP contribution in [0, 0.1) is 0 Å². The second-order valence-electron chi connectivity index (χ2n) is 11.6. The third-order valence-electron chi connectivity index (χ3n) is 8.32. The van der Waals surface area contributed by atoms with Gasteiger partial charge in [-0.05, 0) is 0 Å². The summed E-state index contributed by atoms with van der Waals surface area (Å²) >= 11 is -0.352. The van der Waals surface area contributed by atoms with E-state index in [2.05, 4.69) is 147 Å². The van der Waals surface area contributed by atoms with Crippen LogP contribution >= 0.6 is 0 Å². The molecule has 4 aromatic heterocycles. The molecule has 0 spiro atoms. The zero-order valence-corrected chi connectivity index (χ0v) is 27.3. The number of rotatable bonds is 2. The first-order valence-electron chi connectivity index (χ1n) is 13.8. The van der Waals surface area contributed by atoms with Crippen LogP contribution < -0.4 is 8.19 Å². The van der Waals surface area contributed by atoms with Gasteiger partial charge in [0.1, 0.15) is 0 Å². The van der Waals surface area contributed by atoms with Crippen molar-refractivity contribution in [1.29, 1.82) is 0 Å². The first-order chi connectivity index (χ1) is 19.3. The van der Waals surface area contributed by atoms with Gasteiger partial charge in [0.05, 0.1) is 0 Å². The van der Waals surface area contributed by atoms with Crippen LogP contribution in [0.1, 0.15) is 68.8 Å². The standard InChI is InChI=1S/C36H32N2SeTe/c1-35(2)29-19-15-25(37-29)33(23-11-7-5-8-12-23)27-17-18-28(39-27)34(24-13-9-6-10-14-24)26-16-20-30(38-26)36(3,4)32-22-21-31(35)40-32/h5-22,37-38H,1-4H3/b33-27+,34-28?. The molecule has 198 valence electrons. The van der Waals surface area contributed by atoms with Crippen LogP contribution in [0.5, 0.6) is 0 Å². The van der Waals surface area contributed by atoms with Gasteiger partial charge in [-0.15, -0.1) is 0 Å². The average Bonchev–Trinajstić information content (AvgIpc) is 3.78. The fourth-order valence-corrected chi connectivity index (χ4v) is 11.8. The fourth-order valence-electron chi connectivity index (χ4n) is 5.76. The predicted octanol–water partition coefficient (Wildman–Crippen LogP) is 5.92. The van der Waals surface area contributed by atoms with Crippen molar-refractivity contribution >= 4 is 46.1 Å². The van der Waals surface area contributed by atoms with Crippen molar-refractivity contribution in [1.82, 2.24) is 9.97 Å². The summed E-state index contributed by atoms with van der Waals surface area (Å²) < 4.78 is 5.98. The van der Waals surface area contributed by atoms with E-state index in [0.717, 1.165) is 0 Å². The normalized spacial score (nSPS) is 17.1. The number of fused-ring (bicyclic) bond motifs is 8. The molecule has 7 rings (SSSR count). The fraction of sp³-hybridized carbons (Fsp3) is 0.167. The zero-order valence-electron chi connectivity index (χ0n) is 23.2. The van der Waals surface area contributed by atoms with Crippen molar-refractivity contribution in [2.75, 3.05) is 0 Å². The van der Waals surface area contributed by atoms with E-state index in [-0.39, 0.29) is 25.3 Å². The Morgan fingerprint density at radius 1 is 0.500 bits per heavy atom. The molecule has 40 heavy (non-hydrogen) atoms. The quantitative estimate of drug-likeness (QED) is 0.211. The molecule has 4 heteroatoms. The summed E-state index contributed by atoms with van der Waals surface area (Å²) in [5.74, 6) is 0. The van der Waals surface area contributed by atoms with Gasteiger partial charge >= 0.3 is 253 Å². The molecule has 0 saturated heterocycles. The Labute approximate surface area is 251 Å². The van der Waals surface area contributed by atoms with Crippen LogP contribution in [0.4, 0.5) is 0 Å². The number of nitrogens with one attached hydrogen (secondary N) is 2. The van der Waals surface area contributed by atoms with Crippen LogP contribution in [0.15, 0.2) is 109 Å². The van der Waals surface area contributed by atoms with E-state index in [4.69, 9.17) is 0 Å². The summed E-state index contributed by atoms with van der Waals surface area (Å²) in [5, 5.41) is 0. The minimum atomic E-state index is -0.496. The molecule has 5 heterocycles. The van der Waals surface area contributed by atoms with Gasteiger partial charge in [-0.25, -0.2) is 0 Å². The van der Waals surface area contributed by atoms with Crippen molar-refractivity contribution in [2.45, 2.75) is 38.5 Å². The van der Waals surface area contributed by atoms with E-state index < -0.39 is 20.4 Å². The van der Waals surface area contributed by atoms with Crippen LogP contribution in [-0.4, -0.2) is 44.9 Å². The second-order valence-corrected chi connectivity index (χ2v) is 17.0. The van der Waals surface area contributed by atoms with E-state index in [1.54, 1.807) is 7.16 Å². The Bertz CT molecular complexity index is 1810. The van der Waals surface area contributed by atoms with Gasteiger partial charge in [0.25, 0.3) is 0 Å². The van der Waals surface area contributed by atoms with Gasteiger partial charge in [0, 0.05) is 0 Å². The number of aromatic amines is 2. The molecule has 6 aromatic rings. The van der Waals surface area contributed by atoms with Crippen molar-refractivity contribution in [3.63, 3.8) is 0 Å². The second kappa shape index (κ2) is 9.83. The number of H-pyrrole nitrogens is 2. The molecule has 1 aliphatic heterocycles. The van der Waals surface area contributed by atoms with Crippen LogP contribution in [0.2, 0.25) is 0 Å². The first kappa shape index (κ1) is 25.9. The van der Waals surface area contributed by atoms with Crippen molar-refractivity contribution in [3.8, 4) is 0 Å². The molecular weight excluding hydrogens is 667 g/mol. The molecule has 0 aliphatic carbocycles. The maximum atomic E-state index is 3.92. The summed E-state index contributed by atoms with van der Waals surface area (Å²) in [6.07, 6.45) is 0. The average molecular weight is 699 g/mol. The topological polar surface area (TPSA) is 31.6 Å². The van der Waals surface area contributed by atoms with Crippen molar-refractivity contribution in [2.24, 2.45) is 0 Å². The summed E-state index contributed by atoms with van der Waals surface area (Å²) in [6.45, 7) is 9.56. The van der Waals surface area contributed by atoms with Gasteiger partial charge < -0.3 is 0 Å². The Morgan fingerprint density at radius 3 is 1.35 bits per heavy atom. The number of hydrogen-bond acceptors (Lipinski definition) is 0. The van der Waals surface area contributed by atoms with E-state index in [0.29, 0.717) is 0 Å². The molecule has 2 N–H and O–H groups in total. The zero-order chi connectivity index (χ0) is 27.5. The van der Waals surface area contributed by atoms with Gasteiger partial charge in [0.15, 0.2) is 0 Å². The molecule has 0 fully saturated rings. The summed E-state index contributed by atoms with van der Waals surface area (Å²) in [6, 6.07) is 40.6. The predicted molar refractivity (Wildman–Crippen MR) is 168 cm³/mol. The summed E-state index contributed by atoms with van der Waals surface area (Å²) in [7, 11) is 0. The van der Waals surface area contributed by atoms with E-state index >= 15 is 0 Å². The third kappa shape index (κ3) is 4.30. The third-order valence-corrected chi connectivity index (χ3v) is 15.6. The molecule has 2 nitrogen and oxygen atoms in total. The number of aromatic nitrogens is 2. The van der Waals surface area contributed by atoms with E-state index in [1.807, 2.05) is 0 Å². The van der Waals surface area contributed by atoms with Gasteiger partial charge in [-0.3, -0.25) is 0 Å². The molecule has 0 saturated carbocycles. The number of hydrogen-bond donors (Lipinski definition) is 2.